The van der Waals surface area contributed by atoms with Gasteiger partial charge in [0.1, 0.15) is 12.2 Å². The summed E-state index contributed by atoms with van der Waals surface area (Å²) in [6.45, 7) is 2.56. The normalized spacial score (nSPS) is 14.0. The van der Waals surface area contributed by atoms with Crippen molar-refractivity contribution in [1.82, 2.24) is 9.38 Å². The van der Waals surface area contributed by atoms with Crippen molar-refractivity contribution in [3.63, 3.8) is 0 Å². The summed E-state index contributed by atoms with van der Waals surface area (Å²) in [4.78, 5) is 20.8. The van der Waals surface area contributed by atoms with Crippen molar-refractivity contribution < 1.29 is 4.79 Å². The highest BCUT2D eigenvalue weighted by atomic mass is 16.1. The number of benzene rings is 1. The molecule has 1 aliphatic rings. The predicted octanol–water partition coefficient (Wildman–Crippen LogP) is 2.25. The number of aliphatic imine (C=N–C) groups is 1. The summed E-state index contributed by atoms with van der Waals surface area (Å²) in [6, 6.07) is 9.90. The Labute approximate surface area is 133 Å². The minimum absolute atomic E-state index is 0.0394. The van der Waals surface area contributed by atoms with Gasteiger partial charge in [-0.2, -0.15) is 0 Å². The Bertz CT molecular complexity index is 968. The van der Waals surface area contributed by atoms with Gasteiger partial charge in [0, 0.05) is 29.4 Å². The van der Waals surface area contributed by atoms with E-state index in [0.717, 1.165) is 28.2 Å². The molecule has 114 valence electrons. The number of rotatable bonds is 2. The van der Waals surface area contributed by atoms with E-state index in [1.54, 1.807) is 0 Å². The van der Waals surface area contributed by atoms with E-state index in [4.69, 9.17) is 5.73 Å². The number of nitrogens with two attached hydrogens (primary N) is 1. The predicted molar refractivity (Wildman–Crippen MR) is 90.2 cm³/mol. The number of pyridine rings is 1. The summed E-state index contributed by atoms with van der Waals surface area (Å²) in [5.41, 5.74) is 12.2. The molecule has 1 aromatic carbocycles. The Balaban J connectivity index is 1.90. The van der Waals surface area contributed by atoms with Crippen LogP contribution in [0.25, 0.3) is 16.9 Å². The van der Waals surface area contributed by atoms with Gasteiger partial charge in [0.05, 0.1) is 17.6 Å². The lowest BCUT2D eigenvalue weighted by Crippen LogP contribution is -2.24. The van der Waals surface area contributed by atoms with Crippen LogP contribution in [-0.2, 0) is 0 Å². The van der Waals surface area contributed by atoms with E-state index in [2.05, 4.69) is 9.98 Å². The lowest BCUT2D eigenvalue weighted by molar-refractivity contribution is 0.1000. The van der Waals surface area contributed by atoms with Crippen LogP contribution in [0.3, 0.4) is 0 Å². The van der Waals surface area contributed by atoms with Crippen molar-refractivity contribution in [3.05, 3.63) is 59.4 Å². The second-order valence-corrected chi connectivity index (χ2v) is 5.73. The van der Waals surface area contributed by atoms with Crippen LogP contribution in [0.1, 0.15) is 21.5 Å². The summed E-state index contributed by atoms with van der Waals surface area (Å²) >= 11 is 0. The quantitative estimate of drug-likeness (QED) is 0.789. The molecule has 0 saturated carbocycles. The largest absolute Gasteiger partial charge is 0.325 e. The molecule has 0 fully saturated rings. The van der Waals surface area contributed by atoms with Crippen molar-refractivity contribution in [2.75, 3.05) is 13.1 Å². The second kappa shape index (κ2) is 5.14. The van der Waals surface area contributed by atoms with Crippen molar-refractivity contribution in [2.24, 2.45) is 10.7 Å². The Morgan fingerprint density at radius 3 is 2.91 bits per heavy atom. The molecule has 1 aliphatic heterocycles. The fourth-order valence-corrected chi connectivity index (χ4v) is 2.99. The molecule has 0 aliphatic carbocycles. The van der Waals surface area contributed by atoms with Crippen molar-refractivity contribution >= 4 is 17.1 Å². The van der Waals surface area contributed by atoms with Gasteiger partial charge in [0.15, 0.2) is 5.78 Å². The Morgan fingerprint density at radius 1 is 1.22 bits per heavy atom. The molecule has 3 heterocycles. The van der Waals surface area contributed by atoms with E-state index >= 15 is 0 Å². The maximum absolute atomic E-state index is 12.0. The topological polar surface area (TPSA) is 72.8 Å². The van der Waals surface area contributed by atoms with Crippen LogP contribution < -0.4 is 5.73 Å². The summed E-state index contributed by atoms with van der Waals surface area (Å²) in [5.74, 6) is 0.0394. The van der Waals surface area contributed by atoms with E-state index < -0.39 is 0 Å². The van der Waals surface area contributed by atoms with Gasteiger partial charge in [0.25, 0.3) is 0 Å². The molecular weight excluding hydrogens is 288 g/mol. The fraction of sp³-hybridized carbons (Fsp3) is 0.167. The molecule has 4 rings (SSSR count). The number of nitrogens with zero attached hydrogens (tertiary/aromatic N) is 3. The monoisotopic (exact) mass is 304 g/mol. The SMILES string of the molecule is Cc1ccn2c(-c3ccc4c(c3)C(CN)=NCC4=O)cnc2c1. The average Bonchev–Trinajstić information content (AvgIpc) is 2.98. The van der Waals surface area contributed by atoms with Crippen LogP contribution in [0.5, 0.6) is 0 Å². The molecule has 0 bridgehead atoms. The van der Waals surface area contributed by atoms with Crippen LogP contribution in [-0.4, -0.2) is 34.0 Å². The van der Waals surface area contributed by atoms with E-state index in [9.17, 15) is 4.79 Å². The summed E-state index contributed by atoms with van der Waals surface area (Å²) in [6.07, 6.45) is 3.86. The zero-order chi connectivity index (χ0) is 16.0. The molecule has 0 unspecified atom stereocenters. The van der Waals surface area contributed by atoms with Crippen molar-refractivity contribution in [3.8, 4) is 11.3 Å². The molecule has 0 atom stereocenters. The molecule has 0 radical (unpaired) electrons. The standard InChI is InChI=1S/C18H16N4O/c1-11-4-5-22-16(9-21-18(22)6-11)12-2-3-13-14(7-12)15(8-19)20-10-17(13)23/h2-7,9H,8,10,19H2,1H3. The van der Waals surface area contributed by atoms with Gasteiger partial charge < -0.3 is 5.73 Å². The third-order valence-electron chi connectivity index (χ3n) is 4.20. The van der Waals surface area contributed by atoms with Gasteiger partial charge >= 0.3 is 0 Å². The van der Waals surface area contributed by atoms with Crippen LogP contribution in [0.15, 0.2) is 47.7 Å². The molecule has 23 heavy (non-hydrogen) atoms. The van der Waals surface area contributed by atoms with E-state index in [1.165, 1.54) is 5.56 Å². The van der Waals surface area contributed by atoms with Gasteiger partial charge in [-0.15, -0.1) is 0 Å². The number of Topliss-reactive ketones (excluding diaryl/α,β-unsaturated/α-hetero) is 1. The van der Waals surface area contributed by atoms with Gasteiger partial charge in [-0.25, -0.2) is 4.98 Å². The van der Waals surface area contributed by atoms with Gasteiger partial charge in [-0.1, -0.05) is 6.07 Å². The number of hydrogen-bond acceptors (Lipinski definition) is 4. The first-order valence-corrected chi connectivity index (χ1v) is 7.52. The minimum atomic E-state index is 0.0394. The van der Waals surface area contributed by atoms with Crippen molar-refractivity contribution in [2.45, 2.75) is 6.92 Å². The smallest absolute Gasteiger partial charge is 0.184 e. The highest BCUT2D eigenvalue weighted by Crippen LogP contribution is 2.26. The van der Waals surface area contributed by atoms with E-state index in [-0.39, 0.29) is 12.3 Å². The average molecular weight is 304 g/mol. The Hall–Kier alpha value is -2.79. The molecule has 2 aromatic heterocycles. The Kier molecular flexibility index (Phi) is 3.09. The number of aryl methyl sites for hydroxylation is 1. The minimum Gasteiger partial charge on any atom is -0.325 e. The van der Waals surface area contributed by atoms with Crippen LogP contribution >= 0.6 is 0 Å². The number of ketones is 1. The highest BCUT2D eigenvalue weighted by molar-refractivity contribution is 6.16. The second-order valence-electron chi connectivity index (χ2n) is 5.73. The molecule has 5 heteroatoms. The van der Waals surface area contributed by atoms with Crippen LogP contribution in [0, 0.1) is 6.92 Å². The lowest BCUT2D eigenvalue weighted by Gasteiger charge is -2.16. The summed E-state index contributed by atoms with van der Waals surface area (Å²) < 4.78 is 2.04. The first-order valence-electron chi connectivity index (χ1n) is 7.52. The third-order valence-corrected chi connectivity index (χ3v) is 4.20. The van der Waals surface area contributed by atoms with Crippen LogP contribution in [0.4, 0.5) is 0 Å². The number of hydrogen-bond donors (Lipinski definition) is 1. The first-order chi connectivity index (χ1) is 11.2. The molecule has 0 spiro atoms. The van der Waals surface area contributed by atoms with Crippen molar-refractivity contribution in [1.29, 1.82) is 0 Å². The third kappa shape index (κ3) is 2.17. The number of imidazole rings is 1. The fourth-order valence-electron chi connectivity index (χ4n) is 2.99. The van der Waals surface area contributed by atoms with Gasteiger partial charge in [-0.05, 0) is 36.8 Å². The molecule has 5 nitrogen and oxygen atoms in total. The Morgan fingerprint density at radius 2 is 2.09 bits per heavy atom. The number of carbonyl (C=O) groups is 1. The molecule has 2 N–H and O–H groups in total. The summed E-state index contributed by atoms with van der Waals surface area (Å²) in [7, 11) is 0. The highest BCUT2D eigenvalue weighted by Gasteiger charge is 2.20. The molecular formula is C18H16N4O. The zero-order valence-electron chi connectivity index (χ0n) is 12.8. The number of fused-ring (bicyclic) bond motifs is 2. The van der Waals surface area contributed by atoms with E-state index in [0.29, 0.717) is 12.1 Å². The maximum Gasteiger partial charge on any atom is 0.184 e. The lowest BCUT2D eigenvalue weighted by atomic mass is 9.94. The first kappa shape index (κ1) is 13.8. The van der Waals surface area contributed by atoms with Gasteiger partial charge in [0.2, 0.25) is 0 Å². The molecule has 0 saturated heterocycles. The van der Waals surface area contributed by atoms with Crippen LogP contribution in [0.2, 0.25) is 0 Å². The summed E-state index contributed by atoms with van der Waals surface area (Å²) in [5, 5.41) is 0. The number of carbonyl (C=O) groups excluding carboxylic acids is 1. The zero-order valence-corrected chi connectivity index (χ0v) is 12.8. The molecule has 3 aromatic rings. The van der Waals surface area contributed by atoms with E-state index in [1.807, 2.05) is 54.0 Å². The maximum atomic E-state index is 12.0. The number of aromatic nitrogens is 2. The molecule has 0 amide bonds. The van der Waals surface area contributed by atoms with Gasteiger partial charge in [-0.3, -0.25) is 14.2 Å².